The highest BCUT2D eigenvalue weighted by atomic mass is 16.5. The summed E-state index contributed by atoms with van der Waals surface area (Å²) in [5.74, 6) is 0.523. The van der Waals surface area contributed by atoms with Crippen LogP contribution in [0.4, 0.5) is 11.5 Å². The highest BCUT2D eigenvalue weighted by Crippen LogP contribution is 2.31. The van der Waals surface area contributed by atoms with Crippen LogP contribution in [0.5, 0.6) is 0 Å². The number of aliphatic hydroxyl groups is 1. The summed E-state index contributed by atoms with van der Waals surface area (Å²) in [6, 6.07) is 3.36. The number of nitroso groups, excluding NO2 is 1. The summed E-state index contributed by atoms with van der Waals surface area (Å²) >= 11 is 0. The minimum atomic E-state index is -0.705. The normalized spacial score (nSPS) is 15.0. The quantitative estimate of drug-likeness (QED) is 0.477. The van der Waals surface area contributed by atoms with Crippen LogP contribution in [-0.4, -0.2) is 47.2 Å². The third kappa shape index (κ3) is 4.26. The fourth-order valence-corrected chi connectivity index (χ4v) is 2.81. The molecule has 2 heterocycles. The van der Waals surface area contributed by atoms with E-state index in [-0.39, 0.29) is 23.1 Å². The van der Waals surface area contributed by atoms with Gasteiger partial charge >= 0.3 is 11.7 Å². The zero-order valence-electron chi connectivity index (χ0n) is 13.6. The van der Waals surface area contributed by atoms with Crippen molar-refractivity contribution in [2.45, 2.75) is 26.2 Å². The van der Waals surface area contributed by atoms with Gasteiger partial charge in [-0.3, -0.25) is 4.79 Å². The maximum absolute atomic E-state index is 11.9. The zero-order valence-corrected chi connectivity index (χ0v) is 13.6. The first kappa shape index (κ1) is 17.8. The van der Waals surface area contributed by atoms with Gasteiger partial charge < -0.3 is 14.7 Å². The molecule has 2 rings (SSSR count). The van der Waals surface area contributed by atoms with Crippen molar-refractivity contribution in [3.05, 3.63) is 22.7 Å². The van der Waals surface area contributed by atoms with Gasteiger partial charge in [0.2, 0.25) is 5.82 Å². The van der Waals surface area contributed by atoms with E-state index in [0.717, 1.165) is 12.8 Å². The number of aromatic nitrogens is 1. The Balaban J connectivity index is 2.07. The number of pyridine rings is 1. The van der Waals surface area contributed by atoms with E-state index in [4.69, 9.17) is 15.1 Å². The molecule has 1 saturated heterocycles. The largest absolute Gasteiger partial charge is 0.466 e. The molecule has 0 spiro atoms. The molecule has 0 amide bonds. The second-order valence-corrected chi connectivity index (χ2v) is 5.64. The molecule has 1 N–H and O–H groups in total. The summed E-state index contributed by atoms with van der Waals surface area (Å²) in [4.78, 5) is 29.6. The highest BCUT2D eigenvalue weighted by Gasteiger charge is 2.29. The first-order valence-electron chi connectivity index (χ1n) is 7.95. The summed E-state index contributed by atoms with van der Waals surface area (Å²) in [5, 5.41) is 18.0. The lowest BCUT2D eigenvalue weighted by molar-refractivity contribution is -0.504. The second kappa shape index (κ2) is 8.36. The van der Waals surface area contributed by atoms with Crippen LogP contribution >= 0.6 is 0 Å². The van der Waals surface area contributed by atoms with Crippen LogP contribution in [0.15, 0.2) is 12.3 Å². The molecule has 8 heteroatoms. The van der Waals surface area contributed by atoms with Crippen molar-refractivity contribution in [2.75, 3.05) is 31.3 Å². The SMILES string of the molecule is CCOC(=O)CC1CCN(c2ncc(C#N)cc2[N+](=O)CO)CC1. The second-order valence-electron chi connectivity index (χ2n) is 5.64. The number of rotatable bonds is 6. The number of aliphatic hydroxyl groups excluding tert-OH is 1. The van der Waals surface area contributed by atoms with Gasteiger partial charge in [-0.2, -0.15) is 5.26 Å². The minimum absolute atomic E-state index is 0.181. The predicted octanol–water partition coefficient (Wildman–Crippen LogP) is 1.48. The number of nitrogens with zero attached hydrogens (tertiary/aromatic N) is 4. The van der Waals surface area contributed by atoms with Gasteiger partial charge in [0.25, 0.3) is 6.73 Å². The first-order chi connectivity index (χ1) is 11.6. The number of ether oxygens (including phenoxy) is 1. The molecule has 1 aliphatic heterocycles. The average Bonchev–Trinajstić information content (AvgIpc) is 2.61. The molecule has 0 saturated carbocycles. The monoisotopic (exact) mass is 333 g/mol. The summed E-state index contributed by atoms with van der Waals surface area (Å²) in [6.07, 6.45) is 3.39. The highest BCUT2D eigenvalue weighted by molar-refractivity contribution is 5.69. The fourth-order valence-electron chi connectivity index (χ4n) is 2.81. The third-order valence-corrected chi connectivity index (χ3v) is 4.05. The van der Waals surface area contributed by atoms with E-state index >= 15 is 0 Å². The Morgan fingerprint density at radius 2 is 2.25 bits per heavy atom. The topological polar surface area (TPSA) is 107 Å². The molecule has 1 aliphatic rings. The summed E-state index contributed by atoms with van der Waals surface area (Å²) < 4.78 is 5.39. The number of carbonyl (C=O) groups excluding carboxylic acids is 1. The van der Waals surface area contributed by atoms with Crippen molar-refractivity contribution in [3.8, 4) is 6.07 Å². The smallest absolute Gasteiger partial charge is 0.306 e. The van der Waals surface area contributed by atoms with Gasteiger partial charge in [-0.05, 0) is 25.7 Å². The molecule has 24 heavy (non-hydrogen) atoms. The van der Waals surface area contributed by atoms with Crippen molar-refractivity contribution < 1.29 is 19.4 Å². The van der Waals surface area contributed by atoms with E-state index in [1.165, 1.54) is 12.3 Å². The Kier molecular flexibility index (Phi) is 6.21. The molecule has 128 valence electrons. The van der Waals surface area contributed by atoms with E-state index in [1.54, 1.807) is 6.92 Å². The average molecular weight is 333 g/mol. The van der Waals surface area contributed by atoms with Crippen molar-refractivity contribution in [1.29, 1.82) is 5.26 Å². The number of piperidine rings is 1. The molecule has 0 bridgehead atoms. The lowest BCUT2D eigenvalue weighted by atomic mass is 9.93. The molecule has 0 aromatic carbocycles. The third-order valence-electron chi connectivity index (χ3n) is 4.05. The zero-order chi connectivity index (χ0) is 17.5. The molecule has 0 radical (unpaired) electrons. The van der Waals surface area contributed by atoms with E-state index < -0.39 is 6.73 Å². The molecule has 1 aromatic heterocycles. The van der Waals surface area contributed by atoms with Crippen LogP contribution in [0, 0.1) is 22.2 Å². The molecular weight excluding hydrogens is 312 g/mol. The maximum Gasteiger partial charge on any atom is 0.306 e. The van der Waals surface area contributed by atoms with Crippen LogP contribution in [-0.2, 0) is 9.53 Å². The summed E-state index contributed by atoms with van der Waals surface area (Å²) in [6.45, 7) is 2.76. The minimum Gasteiger partial charge on any atom is -0.466 e. The van der Waals surface area contributed by atoms with E-state index in [0.29, 0.717) is 36.7 Å². The molecule has 0 aliphatic carbocycles. The Morgan fingerprint density at radius 3 is 2.83 bits per heavy atom. The molecule has 0 atom stereocenters. The summed E-state index contributed by atoms with van der Waals surface area (Å²) in [5.41, 5.74) is 0.445. The van der Waals surface area contributed by atoms with Crippen molar-refractivity contribution in [3.63, 3.8) is 0 Å². The number of hydrogen-bond acceptors (Lipinski definition) is 7. The van der Waals surface area contributed by atoms with Gasteiger partial charge in [0, 0.05) is 36.7 Å². The standard InChI is InChI=1S/C16H21N4O4/c1-2-24-15(22)8-12-3-5-19(6-4-12)16-14(20(23)11-21)7-13(9-17)10-18-16/h7,10,12,21H,2-6,8,11H2,1H3/q+1. The van der Waals surface area contributed by atoms with Gasteiger partial charge in [0.1, 0.15) is 6.07 Å². The first-order valence-corrected chi connectivity index (χ1v) is 7.95. The fraction of sp³-hybridized carbons (Fsp3) is 0.562. The molecule has 8 nitrogen and oxygen atoms in total. The molecular formula is C16H21N4O4+. The number of esters is 1. The van der Waals surface area contributed by atoms with E-state index in [1.807, 2.05) is 11.0 Å². The Labute approximate surface area is 140 Å². The number of carbonyl (C=O) groups is 1. The predicted molar refractivity (Wildman–Crippen MR) is 85.5 cm³/mol. The van der Waals surface area contributed by atoms with Gasteiger partial charge in [-0.25, -0.2) is 4.98 Å². The molecule has 1 aromatic rings. The van der Waals surface area contributed by atoms with E-state index in [2.05, 4.69) is 4.98 Å². The van der Waals surface area contributed by atoms with Crippen LogP contribution in [0.1, 0.15) is 31.7 Å². The number of hydrogen-bond donors (Lipinski definition) is 1. The van der Waals surface area contributed by atoms with Crippen molar-refractivity contribution in [2.24, 2.45) is 5.92 Å². The van der Waals surface area contributed by atoms with E-state index in [9.17, 15) is 9.70 Å². The van der Waals surface area contributed by atoms with Crippen LogP contribution in [0.25, 0.3) is 0 Å². The molecule has 0 unspecified atom stereocenters. The van der Waals surface area contributed by atoms with Gasteiger partial charge in [-0.1, -0.05) is 0 Å². The lowest BCUT2D eigenvalue weighted by Gasteiger charge is -2.32. The number of nitriles is 1. The summed E-state index contributed by atoms with van der Waals surface area (Å²) in [7, 11) is 0. The Hall–Kier alpha value is -2.53. The van der Waals surface area contributed by atoms with Crippen LogP contribution in [0.2, 0.25) is 0 Å². The molecule has 1 fully saturated rings. The van der Waals surface area contributed by atoms with Crippen molar-refractivity contribution >= 4 is 17.5 Å². The van der Waals surface area contributed by atoms with Crippen LogP contribution in [0.3, 0.4) is 0 Å². The Morgan fingerprint density at radius 1 is 1.54 bits per heavy atom. The Bertz CT molecular complexity index is 648. The lowest BCUT2D eigenvalue weighted by Crippen LogP contribution is -2.35. The van der Waals surface area contributed by atoms with Gasteiger partial charge in [0.05, 0.1) is 16.9 Å². The van der Waals surface area contributed by atoms with Gasteiger partial charge in [-0.15, -0.1) is 0 Å². The van der Waals surface area contributed by atoms with Crippen molar-refractivity contribution in [1.82, 2.24) is 4.98 Å². The van der Waals surface area contributed by atoms with Gasteiger partial charge in [0.15, 0.2) is 0 Å². The maximum atomic E-state index is 11.9. The number of anilines is 1. The van der Waals surface area contributed by atoms with Crippen LogP contribution < -0.4 is 4.90 Å².